The first kappa shape index (κ1) is 29.4. The smallest absolute Gasteiger partial charge is 1.00 e. The van der Waals surface area contributed by atoms with Gasteiger partial charge in [0.15, 0.2) is 0 Å². The van der Waals surface area contributed by atoms with Gasteiger partial charge < -0.3 is 34.0 Å². The van der Waals surface area contributed by atoms with Crippen molar-refractivity contribution >= 4 is 29.2 Å². The third kappa shape index (κ3) is 5.39. The molecule has 4 aromatic rings. The predicted octanol–water partition coefficient (Wildman–Crippen LogP) is 2.97. The second-order valence-electron chi connectivity index (χ2n) is 10.1. The van der Waals surface area contributed by atoms with E-state index in [0.29, 0.717) is 7.25 Å². The van der Waals surface area contributed by atoms with Crippen molar-refractivity contribution in [3.8, 4) is 0 Å². The summed E-state index contributed by atoms with van der Waals surface area (Å²) >= 11 is -2.21. The zero-order chi connectivity index (χ0) is 24.5. The van der Waals surface area contributed by atoms with Crippen molar-refractivity contribution < 1.29 is 54.9 Å². The third-order valence-electron chi connectivity index (χ3n) is 8.20. The van der Waals surface area contributed by atoms with E-state index >= 15 is 0 Å². The largest absolute Gasteiger partial charge is 1.00 e. The van der Waals surface area contributed by atoms with E-state index in [0.717, 1.165) is 0 Å². The van der Waals surface area contributed by atoms with Crippen LogP contribution in [0, 0.1) is 0 Å². The van der Waals surface area contributed by atoms with Gasteiger partial charge in [0.05, 0.1) is 0 Å². The Kier molecular flexibility index (Phi) is 10.2. The number of allylic oxidation sites excluding steroid dienone is 2. The Balaban J connectivity index is 0.00000168. The SMILES string of the molecule is CC[SiH](CC)[Zr+2]([CH]1C(c2ccccc2)=Cc2ccccc21)[CH]1C(c2ccccc2)=Cc2ccccc21.[Br-].[Br-]. The van der Waals surface area contributed by atoms with Crippen LogP contribution in [-0.2, 0) is 20.9 Å². The van der Waals surface area contributed by atoms with Crippen molar-refractivity contribution in [3.05, 3.63) is 143 Å². The zero-order valence-electron chi connectivity index (χ0n) is 21.9. The van der Waals surface area contributed by atoms with E-state index in [4.69, 9.17) is 0 Å². The molecule has 0 bridgehead atoms. The summed E-state index contributed by atoms with van der Waals surface area (Å²) < 4.78 is 1.23. The maximum Gasteiger partial charge on any atom is -1.00 e. The number of rotatable bonds is 7. The van der Waals surface area contributed by atoms with E-state index in [2.05, 4.69) is 135 Å². The molecule has 0 heterocycles. The molecule has 2 aliphatic rings. The van der Waals surface area contributed by atoms with E-state index in [-0.39, 0.29) is 34.0 Å². The number of benzene rings is 4. The van der Waals surface area contributed by atoms with Gasteiger partial charge in [0.25, 0.3) is 0 Å². The van der Waals surface area contributed by atoms with Gasteiger partial charge in [0.1, 0.15) is 0 Å². The van der Waals surface area contributed by atoms with Crippen LogP contribution in [0.5, 0.6) is 0 Å². The molecular weight excluding hydrogens is 687 g/mol. The molecule has 0 radical (unpaired) electrons. The van der Waals surface area contributed by atoms with Gasteiger partial charge in [-0.1, -0.05) is 0 Å². The van der Waals surface area contributed by atoms with Gasteiger partial charge in [-0.25, -0.2) is 0 Å². The van der Waals surface area contributed by atoms with Crippen molar-refractivity contribution in [1.29, 1.82) is 0 Å². The monoisotopic (exact) mass is 717 g/mol. The van der Waals surface area contributed by atoms with Gasteiger partial charge >= 0.3 is 226 Å². The Hall–Kier alpha value is -1.58. The molecule has 0 fully saturated rings. The van der Waals surface area contributed by atoms with Gasteiger partial charge in [-0.05, 0) is 0 Å². The number of halogens is 2. The Labute approximate surface area is 257 Å². The van der Waals surface area contributed by atoms with E-state index in [1.165, 1.54) is 34.3 Å². The van der Waals surface area contributed by atoms with Gasteiger partial charge in [-0.3, -0.25) is 0 Å². The fourth-order valence-electron chi connectivity index (χ4n) is 6.52. The van der Waals surface area contributed by atoms with Crippen molar-refractivity contribution in [2.24, 2.45) is 0 Å². The molecule has 2 aliphatic carbocycles. The molecule has 0 amide bonds. The molecule has 0 N–H and O–H groups in total. The van der Waals surface area contributed by atoms with Crippen LogP contribution >= 0.6 is 0 Å². The fourth-order valence-corrected chi connectivity index (χ4v) is 34.0. The molecule has 0 nitrogen and oxygen atoms in total. The Morgan fingerprint density at radius 2 is 0.895 bits per heavy atom. The summed E-state index contributed by atoms with van der Waals surface area (Å²) in [5, 5.41) is 0. The average molecular weight is 721 g/mol. The van der Waals surface area contributed by atoms with Crippen molar-refractivity contribution in [3.63, 3.8) is 0 Å². The molecule has 4 aromatic carbocycles. The fraction of sp³-hybridized carbons (Fsp3) is 0.176. The molecule has 0 spiro atoms. The molecule has 2 unspecified atom stereocenters. The molecule has 2 atom stereocenters. The minimum Gasteiger partial charge on any atom is -1.00 e. The number of hydrogen-bond donors (Lipinski definition) is 0. The maximum atomic E-state index is 2.54. The van der Waals surface area contributed by atoms with Crippen molar-refractivity contribution in [2.75, 3.05) is 0 Å². The van der Waals surface area contributed by atoms with Crippen LogP contribution in [0.25, 0.3) is 23.3 Å². The van der Waals surface area contributed by atoms with Crippen LogP contribution in [0.4, 0.5) is 0 Å². The first-order chi connectivity index (χ1) is 17.8. The minimum absolute atomic E-state index is 0. The summed E-state index contributed by atoms with van der Waals surface area (Å²) in [6.07, 6.45) is 5.08. The van der Waals surface area contributed by atoms with E-state index in [1.54, 1.807) is 22.3 Å². The molecule has 0 saturated carbocycles. The first-order valence-electron chi connectivity index (χ1n) is 13.4. The van der Waals surface area contributed by atoms with E-state index in [9.17, 15) is 0 Å². The second kappa shape index (κ2) is 13.2. The van der Waals surface area contributed by atoms with Gasteiger partial charge in [0, 0.05) is 0 Å². The summed E-state index contributed by atoms with van der Waals surface area (Å²) in [6, 6.07) is 44.0. The van der Waals surface area contributed by atoms with E-state index in [1.807, 2.05) is 0 Å². The van der Waals surface area contributed by atoms with Crippen LogP contribution in [0.1, 0.15) is 54.5 Å². The zero-order valence-corrected chi connectivity index (χ0v) is 28.7. The second-order valence-corrected chi connectivity index (χ2v) is 28.4. The number of hydrogen-bond acceptors (Lipinski definition) is 0. The van der Waals surface area contributed by atoms with Gasteiger partial charge in [0.2, 0.25) is 0 Å². The standard InChI is InChI=1S/2C15H11.C4H11Si.2BrH.Zr/c2*1-2-6-12(7-3-1)15-10-13-8-4-5-9-14(13)11-15;1-3-5-4-2;;;/h2*1-11H;5H,3-4H2,1-2H3;2*1H;/q;;;;;+2/p-2. The predicted molar refractivity (Wildman–Crippen MR) is 155 cm³/mol. The summed E-state index contributed by atoms with van der Waals surface area (Å²) in [4.78, 5) is 0. The minimum atomic E-state index is -2.21. The quantitative estimate of drug-likeness (QED) is 0.258. The molecule has 6 rings (SSSR count). The summed E-state index contributed by atoms with van der Waals surface area (Å²) in [5.41, 5.74) is 12.2. The van der Waals surface area contributed by atoms with Crippen LogP contribution < -0.4 is 34.0 Å². The summed E-state index contributed by atoms with van der Waals surface area (Å²) in [7, 11) is 0. The van der Waals surface area contributed by atoms with Crippen molar-refractivity contribution in [2.45, 2.75) is 33.2 Å². The molecule has 191 valence electrons. The maximum absolute atomic E-state index is 2.54. The van der Waals surface area contributed by atoms with Crippen molar-refractivity contribution in [1.82, 2.24) is 0 Å². The van der Waals surface area contributed by atoms with Crippen LogP contribution in [-0.4, -0.2) is 5.92 Å². The Morgan fingerprint density at radius 3 is 1.29 bits per heavy atom. The third-order valence-corrected chi connectivity index (χ3v) is 34.4. The summed E-state index contributed by atoms with van der Waals surface area (Å²) in [6.45, 7) is 5.00. The molecule has 0 saturated heterocycles. The molecular formula is C34H33Br2SiZr. The summed E-state index contributed by atoms with van der Waals surface area (Å²) in [5.74, 6) is -0.940. The Bertz CT molecular complexity index is 1320. The molecule has 38 heavy (non-hydrogen) atoms. The molecule has 0 aromatic heterocycles. The number of fused-ring (bicyclic) bond motifs is 2. The Morgan fingerprint density at radius 1 is 0.526 bits per heavy atom. The van der Waals surface area contributed by atoms with E-state index < -0.39 is 26.8 Å². The topological polar surface area (TPSA) is 0 Å². The normalized spacial score (nSPS) is 17.0. The average Bonchev–Trinajstić information content (AvgIpc) is 3.52. The molecule has 4 heteroatoms. The van der Waals surface area contributed by atoms with Gasteiger partial charge in [-0.15, -0.1) is 0 Å². The van der Waals surface area contributed by atoms with Crippen LogP contribution in [0.15, 0.2) is 109 Å². The van der Waals surface area contributed by atoms with Crippen LogP contribution in [0.2, 0.25) is 12.1 Å². The first-order valence-corrected chi connectivity index (χ1v) is 22.7. The van der Waals surface area contributed by atoms with Gasteiger partial charge in [-0.2, -0.15) is 0 Å². The van der Waals surface area contributed by atoms with Crippen LogP contribution in [0.3, 0.4) is 0 Å². The molecule has 0 aliphatic heterocycles.